The van der Waals surface area contributed by atoms with E-state index in [1.165, 1.54) is 18.3 Å². The number of alkyl halides is 2. The quantitative estimate of drug-likeness (QED) is 0.294. The molecule has 0 radical (unpaired) electrons. The number of carbonyl (C=O) groups excluding carboxylic acids is 2. The molecule has 1 aromatic heterocycles. The summed E-state index contributed by atoms with van der Waals surface area (Å²) in [6, 6.07) is 11.1. The van der Waals surface area contributed by atoms with Crippen molar-refractivity contribution in [1.82, 2.24) is 19.6 Å². The van der Waals surface area contributed by atoms with E-state index >= 15 is 0 Å². The lowest BCUT2D eigenvalue weighted by Crippen LogP contribution is -2.63. The molecule has 2 amide bonds. The summed E-state index contributed by atoms with van der Waals surface area (Å²) in [5, 5.41) is 14.6. The van der Waals surface area contributed by atoms with Gasteiger partial charge in [0.15, 0.2) is 0 Å². The zero-order valence-corrected chi connectivity index (χ0v) is 27.7. The van der Waals surface area contributed by atoms with Crippen molar-refractivity contribution in [1.29, 1.82) is 0 Å². The van der Waals surface area contributed by atoms with Crippen LogP contribution < -0.4 is 4.74 Å². The van der Waals surface area contributed by atoms with Crippen LogP contribution in [0.3, 0.4) is 0 Å². The van der Waals surface area contributed by atoms with Crippen LogP contribution in [0, 0.1) is 28.5 Å². The Labute approximate surface area is 283 Å². The molecule has 1 unspecified atom stereocenters. The van der Waals surface area contributed by atoms with E-state index in [1.54, 1.807) is 46.1 Å². The van der Waals surface area contributed by atoms with E-state index in [-0.39, 0.29) is 84.4 Å². The molecule has 4 aliphatic rings. The van der Waals surface area contributed by atoms with Crippen LogP contribution in [-0.2, 0) is 11.3 Å². The number of benzene rings is 2. The normalized spacial score (nSPS) is 23.7. The SMILES string of the molecule is CC1(C)C[C@@H]1C(=O)N1CC2(CN(C(=O)c3cnn(Cc4ccc(F)cc4)c3)CC2COc2cccc(C3CCC(F)(F)CC3)c2C(=O)O)C1. The Morgan fingerprint density at radius 1 is 1.00 bits per heavy atom. The van der Waals surface area contributed by atoms with Crippen LogP contribution in [0.4, 0.5) is 13.2 Å². The van der Waals surface area contributed by atoms with E-state index in [4.69, 9.17) is 4.74 Å². The predicted molar refractivity (Wildman–Crippen MR) is 173 cm³/mol. The van der Waals surface area contributed by atoms with Crippen molar-refractivity contribution in [2.24, 2.45) is 22.7 Å². The van der Waals surface area contributed by atoms with Crippen LogP contribution in [0.15, 0.2) is 54.9 Å². The van der Waals surface area contributed by atoms with Crippen molar-refractivity contribution in [2.45, 2.75) is 64.3 Å². The Bertz CT molecular complexity index is 1760. The minimum Gasteiger partial charge on any atom is -0.492 e. The van der Waals surface area contributed by atoms with E-state index in [2.05, 4.69) is 18.9 Å². The van der Waals surface area contributed by atoms with Gasteiger partial charge in [-0.25, -0.2) is 18.0 Å². The number of carboxylic acids is 1. The van der Waals surface area contributed by atoms with Gasteiger partial charge in [0.1, 0.15) is 17.1 Å². The highest BCUT2D eigenvalue weighted by atomic mass is 19.3. The zero-order chi connectivity index (χ0) is 34.7. The van der Waals surface area contributed by atoms with Gasteiger partial charge in [-0.2, -0.15) is 5.10 Å². The van der Waals surface area contributed by atoms with Crippen molar-refractivity contribution in [3.05, 3.63) is 82.9 Å². The average molecular weight is 679 g/mol. The largest absolute Gasteiger partial charge is 0.492 e. The molecular formula is C37H41F3N4O5. The zero-order valence-electron chi connectivity index (χ0n) is 27.7. The number of amides is 2. The van der Waals surface area contributed by atoms with Gasteiger partial charge in [0, 0.05) is 62.5 Å². The van der Waals surface area contributed by atoms with Gasteiger partial charge >= 0.3 is 5.97 Å². The maximum atomic E-state index is 13.9. The molecule has 2 saturated heterocycles. The summed E-state index contributed by atoms with van der Waals surface area (Å²) in [6.07, 6.45) is 3.85. The lowest BCUT2D eigenvalue weighted by molar-refractivity contribution is -0.148. The maximum absolute atomic E-state index is 13.9. The maximum Gasteiger partial charge on any atom is 0.339 e. The third kappa shape index (κ3) is 6.53. The molecule has 0 bridgehead atoms. The van der Waals surface area contributed by atoms with Crippen LogP contribution in [0.5, 0.6) is 5.75 Å². The number of carbonyl (C=O) groups is 3. The van der Waals surface area contributed by atoms with Gasteiger partial charge < -0.3 is 19.6 Å². The summed E-state index contributed by atoms with van der Waals surface area (Å²) < 4.78 is 49.0. The minimum absolute atomic E-state index is 0.00681. The summed E-state index contributed by atoms with van der Waals surface area (Å²) in [5.41, 5.74) is 1.30. The molecule has 3 heterocycles. The third-order valence-corrected chi connectivity index (χ3v) is 11.2. The first kappa shape index (κ1) is 33.2. The number of rotatable bonds is 9. The van der Waals surface area contributed by atoms with Crippen LogP contribution in [0.2, 0.25) is 0 Å². The second kappa shape index (κ2) is 12.2. The molecule has 2 aliphatic carbocycles. The number of aromatic carboxylic acids is 1. The lowest BCUT2D eigenvalue weighted by atomic mass is 9.71. The number of hydrogen-bond donors (Lipinski definition) is 1. The van der Waals surface area contributed by atoms with Gasteiger partial charge in [0.05, 0.1) is 24.9 Å². The minimum atomic E-state index is -2.73. The van der Waals surface area contributed by atoms with E-state index in [0.29, 0.717) is 43.9 Å². The van der Waals surface area contributed by atoms with Crippen molar-refractivity contribution in [2.75, 3.05) is 32.8 Å². The molecular weight excluding hydrogens is 637 g/mol. The number of carboxylic acid groups (broad SMARTS) is 1. The molecule has 4 fully saturated rings. The Hall–Kier alpha value is -4.35. The number of halogens is 3. The Morgan fingerprint density at radius 2 is 1.67 bits per heavy atom. The van der Waals surface area contributed by atoms with Gasteiger partial charge in [0.2, 0.25) is 11.8 Å². The molecule has 2 atom stereocenters. The molecule has 1 spiro atoms. The van der Waals surface area contributed by atoms with Gasteiger partial charge in [-0.3, -0.25) is 14.3 Å². The number of likely N-dealkylation sites (tertiary alicyclic amines) is 2. The van der Waals surface area contributed by atoms with Crippen molar-refractivity contribution < 1.29 is 37.4 Å². The number of ether oxygens (including phenoxy) is 1. The first-order valence-electron chi connectivity index (χ1n) is 17.0. The number of hydrogen-bond acceptors (Lipinski definition) is 5. The molecule has 49 heavy (non-hydrogen) atoms. The van der Waals surface area contributed by atoms with Crippen LogP contribution in [-0.4, -0.2) is 81.2 Å². The molecule has 260 valence electrons. The van der Waals surface area contributed by atoms with E-state index in [9.17, 15) is 32.7 Å². The van der Waals surface area contributed by atoms with Crippen molar-refractivity contribution in [3.8, 4) is 5.75 Å². The fourth-order valence-electron chi connectivity index (χ4n) is 8.05. The van der Waals surface area contributed by atoms with Crippen LogP contribution in [0.1, 0.15) is 83.7 Å². The van der Waals surface area contributed by atoms with Crippen LogP contribution >= 0.6 is 0 Å². The van der Waals surface area contributed by atoms with E-state index in [1.807, 2.05) is 4.90 Å². The van der Waals surface area contributed by atoms with Crippen LogP contribution in [0.25, 0.3) is 0 Å². The monoisotopic (exact) mass is 678 g/mol. The lowest BCUT2D eigenvalue weighted by Gasteiger charge is -2.51. The fourth-order valence-corrected chi connectivity index (χ4v) is 8.05. The summed E-state index contributed by atoms with van der Waals surface area (Å²) in [4.78, 5) is 43.2. The standard InChI is InChI=1S/C37H41F3N4O5/c1-35(2)14-29(35)33(46)43-21-36(22-43)20-42(32(45)25-15-41-44(17-25)16-23-6-8-27(38)9-7-23)18-26(36)19-49-30-5-3-4-28(31(30)34(47)48)24-10-12-37(39,40)13-11-24/h3-9,15,17,24,26,29H,10-14,16,18-22H2,1-2H3,(H,47,48)/t26?,29-/m1/s1. The first-order valence-corrected chi connectivity index (χ1v) is 17.0. The highest BCUT2D eigenvalue weighted by molar-refractivity contribution is 5.94. The Morgan fingerprint density at radius 3 is 2.33 bits per heavy atom. The molecule has 12 heteroatoms. The molecule has 9 nitrogen and oxygen atoms in total. The molecule has 3 aromatic rings. The highest BCUT2D eigenvalue weighted by Gasteiger charge is 2.60. The molecule has 2 saturated carbocycles. The topological polar surface area (TPSA) is 105 Å². The molecule has 2 aliphatic heterocycles. The van der Waals surface area contributed by atoms with Gasteiger partial charge in [-0.15, -0.1) is 0 Å². The fraction of sp³-hybridized carbons (Fsp3) is 0.514. The third-order valence-electron chi connectivity index (χ3n) is 11.2. The smallest absolute Gasteiger partial charge is 0.339 e. The van der Waals surface area contributed by atoms with E-state index < -0.39 is 17.3 Å². The second-order valence-electron chi connectivity index (χ2n) is 15.2. The summed E-state index contributed by atoms with van der Waals surface area (Å²) in [5.74, 6) is -4.65. The highest BCUT2D eigenvalue weighted by Crippen LogP contribution is 2.55. The Balaban J connectivity index is 1.08. The van der Waals surface area contributed by atoms with Gasteiger partial charge in [-0.05, 0) is 59.9 Å². The summed E-state index contributed by atoms with van der Waals surface area (Å²) >= 11 is 0. The predicted octanol–water partition coefficient (Wildman–Crippen LogP) is 6.09. The number of nitrogens with zero attached hydrogens (tertiary/aromatic N) is 4. The number of aromatic nitrogens is 2. The van der Waals surface area contributed by atoms with Gasteiger partial charge in [0.25, 0.3) is 5.91 Å². The molecule has 1 N–H and O–H groups in total. The van der Waals surface area contributed by atoms with Crippen molar-refractivity contribution in [3.63, 3.8) is 0 Å². The van der Waals surface area contributed by atoms with Crippen molar-refractivity contribution >= 4 is 17.8 Å². The molecule has 7 rings (SSSR count). The second-order valence-corrected chi connectivity index (χ2v) is 15.2. The molecule has 2 aromatic carbocycles. The van der Waals surface area contributed by atoms with Gasteiger partial charge in [-0.1, -0.05) is 38.1 Å². The van der Waals surface area contributed by atoms with E-state index in [0.717, 1.165) is 12.0 Å². The summed E-state index contributed by atoms with van der Waals surface area (Å²) in [7, 11) is 0. The summed E-state index contributed by atoms with van der Waals surface area (Å²) in [6.45, 7) is 6.36. The average Bonchev–Trinajstić information content (AvgIpc) is 3.34. The first-order chi connectivity index (χ1) is 23.2. The Kier molecular flexibility index (Phi) is 8.26.